The maximum absolute atomic E-state index is 10.8. The minimum absolute atomic E-state index is 0.0792. The molecule has 0 spiro atoms. The van der Waals surface area contributed by atoms with Crippen LogP contribution in [0.25, 0.3) is 0 Å². The summed E-state index contributed by atoms with van der Waals surface area (Å²) < 4.78 is 0. The summed E-state index contributed by atoms with van der Waals surface area (Å²) in [4.78, 5) is 14.9. The molecule has 0 bridgehead atoms. The van der Waals surface area contributed by atoms with Gasteiger partial charge >= 0.3 is 5.97 Å². The highest BCUT2D eigenvalue weighted by Gasteiger charge is 2.12. The predicted molar refractivity (Wildman–Crippen MR) is 59.3 cm³/mol. The van der Waals surface area contributed by atoms with Gasteiger partial charge in [0.15, 0.2) is 0 Å². The summed E-state index contributed by atoms with van der Waals surface area (Å²) in [7, 11) is 0. The first-order chi connectivity index (χ1) is 6.79. The Balaban J connectivity index is 2.97. The summed E-state index contributed by atoms with van der Waals surface area (Å²) in [6.45, 7) is 7.76. The van der Waals surface area contributed by atoms with E-state index < -0.39 is 5.97 Å². The van der Waals surface area contributed by atoms with E-state index in [4.69, 9.17) is 5.11 Å². The zero-order chi connectivity index (χ0) is 11.6. The van der Waals surface area contributed by atoms with Crippen LogP contribution in [0.4, 0.5) is 5.82 Å². The topological polar surface area (TPSA) is 62.2 Å². The van der Waals surface area contributed by atoms with Gasteiger partial charge in [0.1, 0.15) is 5.82 Å². The first-order valence-corrected chi connectivity index (χ1v) is 4.79. The fourth-order valence-electron chi connectivity index (χ4n) is 1.24. The highest BCUT2D eigenvalue weighted by molar-refractivity contribution is 5.89. The van der Waals surface area contributed by atoms with Gasteiger partial charge in [0.25, 0.3) is 0 Å². The molecule has 1 aromatic rings. The Bertz CT molecular complexity index is 381. The first-order valence-electron chi connectivity index (χ1n) is 4.79. The molecular formula is C11H16N2O2. The van der Waals surface area contributed by atoms with Crippen molar-refractivity contribution in [3.63, 3.8) is 0 Å². The van der Waals surface area contributed by atoms with Crippen LogP contribution >= 0.6 is 0 Å². The highest BCUT2D eigenvalue weighted by atomic mass is 16.4. The van der Waals surface area contributed by atoms with Crippen LogP contribution in [0.2, 0.25) is 0 Å². The van der Waals surface area contributed by atoms with Gasteiger partial charge in [-0.3, -0.25) is 0 Å². The lowest BCUT2D eigenvalue weighted by Crippen LogP contribution is -2.26. The van der Waals surface area contributed by atoms with Gasteiger partial charge in [0, 0.05) is 5.54 Å². The number of nitrogens with one attached hydrogen (secondary N) is 1. The van der Waals surface area contributed by atoms with Crippen LogP contribution in [0.3, 0.4) is 0 Å². The first kappa shape index (κ1) is 11.5. The zero-order valence-electron chi connectivity index (χ0n) is 9.46. The van der Waals surface area contributed by atoms with E-state index in [0.717, 1.165) is 0 Å². The standard InChI is InChI=1S/C11H16N2O2/c1-7-8(10(14)15)5-6-9(12-7)13-11(2,3)4/h5-6H,1-4H3,(H,12,13)(H,14,15). The van der Waals surface area contributed by atoms with Crippen molar-refractivity contribution in [1.29, 1.82) is 0 Å². The number of aryl methyl sites for hydroxylation is 1. The molecule has 0 amide bonds. The molecular weight excluding hydrogens is 192 g/mol. The number of nitrogens with zero attached hydrogens (tertiary/aromatic N) is 1. The second-order valence-corrected chi connectivity index (χ2v) is 4.51. The lowest BCUT2D eigenvalue weighted by atomic mass is 10.1. The lowest BCUT2D eigenvalue weighted by molar-refractivity contribution is 0.0695. The van der Waals surface area contributed by atoms with Crippen molar-refractivity contribution in [3.05, 3.63) is 23.4 Å². The number of aromatic nitrogens is 1. The summed E-state index contributed by atoms with van der Waals surface area (Å²) >= 11 is 0. The van der Waals surface area contributed by atoms with E-state index >= 15 is 0 Å². The van der Waals surface area contributed by atoms with Gasteiger partial charge in [0.05, 0.1) is 11.3 Å². The fourth-order valence-corrected chi connectivity index (χ4v) is 1.24. The van der Waals surface area contributed by atoms with Crippen molar-refractivity contribution >= 4 is 11.8 Å². The van der Waals surface area contributed by atoms with E-state index in [9.17, 15) is 4.79 Å². The number of carboxylic acids is 1. The molecule has 4 nitrogen and oxygen atoms in total. The molecule has 0 unspecified atom stereocenters. The number of hydrogen-bond donors (Lipinski definition) is 2. The van der Waals surface area contributed by atoms with Crippen LogP contribution in [0.5, 0.6) is 0 Å². The Labute approximate surface area is 89.3 Å². The normalized spacial score (nSPS) is 11.2. The Hall–Kier alpha value is -1.58. The number of hydrogen-bond acceptors (Lipinski definition) is 3. The number of pyridine rings is 1. The van der Waals surface area contributed by atoms with Crippen LogP contribution in [0.1, 0.15) is 36.8 Å². The summed E-state index contributed by atoms with van der Waals surface area (Å²) in [6, 6.07) is 3.25. The largest absolute Gasteiger partial charge is 0.478 e. The number of rotatable bonds is 2. The maximum atomic E-state index is 10.8. The van der Waals surface area contributed by atoms with Crippen molar-refractivity contribution in [2.45, 2.75) is 33.2 Å². The van der Waals surface area contributed by atoms with Crippen LogP contribution in [-0.2, 0) is 0 Å². The average molecular weight is 208 g/mol. The molecule has 82 valence electrons. The Morgan fingerprint density at radius 1 is 1.40 bits per heavy atom. The van der Waals surface area contributed by atoms with Gasteiger partial charge < -0.3 is 10.4 Å². The van der Waals surface area contributed by atoms with E-state index in [-0.39, 0.29) is 11.1 Å². The van der Waals surface area contributed by atoms with E-state index in [0.29, 0.717) is 11.5 Å². The summed E-state index contributed by atoms with van der Waals surface area (Å²) in [5.41, 5.74) is 0.690. The second kappa shape index (κ2) is 3.88. The molecule has 0 aromatic carbocycles. The van der Waals surface area contributed by atoms with Crippen LogP contribution < -0.4 is 5.32 Å². The summed E-state index contributed by atoms with van der Waals surface area (Å²) in [6.07, 6.45) is 0. The molecule has 0 fully saturated rings. The third-order valence-electron chi connectivity index (χ3n) is 1.82. The summed E-state index contributed by atoms with van der Waals surface area (Å²) in [5.74, 6) is -0.243. The van der Waals surface area contributed by atoms with Crippen LogP contribution in [-0.4, -0.2) is 21.6 Å². The number of carbonyl (C=O) groups is 1. The van der Waals surface area contributed by atoms with Gasteiger partial charge in [-0.2, -0.15) is 0 Å². The molecule has 2 N–H and O–H groups in total. The number of anilines is 1. The third-order valence-corrected chi connectivity index (χ3v) is 1.82. The SMILES string of the molecule is Cc1nc(NC(C)(C)C)ccc1C(=O)O. The monoisotopic (exact) mass is 208 g/mol. The molecule has 1 aromatic heterocycles. The molecule has 1 heterocycles. The minimum Gasteiger partial charge on any atom is -0.478 e. The van der Waals surface area contributed by atoms with Gasteiger partial charge in [-0.25, -0.2) is 9.78 Å². The molecule has 0 radical (unpaired) electrons. The molecule has 0 saturated carbocycles. The van der Waals surface area contributed by atoms with Crippen molar-refractivity contribution in [2.75, 3.05) is 5.32 Å². The second-order valence-electron chi connectivity index (χ2n) is 4.51. The molecule has 4 heteroatoms. The van der Waals surface area contributed by atoms with E-state index in [2.05, 4.69) is 10.3 Å². The van der Waals surface area contributed by atoms with Gasteiger partial charge in [-0.15, -0.1) is 0 Å². The van der Waals surface area contributed by atoms with Gasteiger partial charge in [-0.05, 0) is 39.8 Å². The minimum atomic E-state index is -0.942. The predicted octanol–water partition coefficient (Wildman–Crippen LogP) is 2.30. The molecule has 0 aliphatic rings. The molecule has 0 aliphatic carbocycles. The zero-order valence-corrected chi connectivity index (χ0v) is 9.46. The molecule has 0 atom stereocenters. The Kier molecular flexibility index (Phi) is 2.98. The smallest absolute Gasteiger partial charge is 0.337 e. The number of carboxylic acid groups (broad SMARTS) is 1. The van der Waals surface area contributed by atoms with E-state index in [1.165, 1.54) is 0 Å². The molecule has 15 heavy (non-hydrogen) atoms. The molecule has 0 aliphatic heterocycles. The van der Waals surface area contributed by atoms with Crippen molar-refractivity contribution in [1.82, 2.24) is 4.98 Å². The lowest BCUT2D eigenvalue weighted by Gasteiger charge is -2.21. The van der Waals surface area contributed by atoms with E-state index in [1.807, 2.05) is 20.8 Å². The Morgan fingerprint density at radius 2 is 2.00 bits per heavy atom. The van der Waals surface area contributed by atoms with Crippen LogP contribution in [0.15, 0.2) is 12.1 Å². The summed E-state index contributed by atoms with van der Waals surface area (Å²) in [5, 5.41) is 12.0. The highest BCUT2D eigenvalue weighted by Crippen LogP contribution is 2.14. The Morgan fingerprint density at radius 3 is 2.40 bits per heavy atom. The fraction of sp³-hybridized carbons (Fsp3) is 0.455. The maximum Gasteiger partial charge on any atom is 0.337 e. The van der Waals surface area contributed by atoms with E-state index in [1.54, 1.807) is 19.1 Å². The van der Waals surface area contributed by atoms with Crippen LogP contribution in [0, 0.1) is 6.92 Å². The average Bonchev–Trinajstić information content (AvgIpc) is 1.99. The van der Waals surface area contributed by atoms with Crippen molar-refractivity contribution in [2.24, 2.45) is 0 Å². The van der Waals surface area contributed by atoms with Gasteiger partial charge in [0.2, 0.25) is 0 Å². The third kappa shape index (κ3) is 3.23. The number of aromatic carboxylic acids is 1. The van der Waals surface area contributed by atoms with Crippen molar-refractivity contribution < 1.29 is 9.90 Å². The molecule has 1 rings (SSSR count). The quantitative estimate of drug-likeness (QED) is 0.782. The van der Waals surface area contributed by atoms with Gasteiger partial charge in [-0.1, -0.05) is 0 Å². The van der Waals surface area contributed by atoms with Crippen molar-refractivity contribution in [3.8, 4) is 0 Å². The molecule has 0 saturated heterocycles.